The Hall–Kier alpha value is -1.28. The number of methoxy groups -OCH3 is 1. The fraction of sp³-hybridized carbons (Fsp3) is 0.385. The fourth-order valence-corrected chi connectivity index (χ4v) is 1.32. The van der Waals surface area contributed by atoms with Crippen LogP contribution in [0.3, 0.4) is 0 Å². The molecule has 82 valence electrons. The highest BCUT2D eigenvalue weighted by molar-refractivity contribution is 5.51. The normalized spacial score (nSPS) is 10.0. The van der Waals surface area contributed by atoms with Gasteiger partial charge in [-0.1, -0.05) is 37.3 Å². The van der Waals surface area contributed by atoms with Crippen molar-refractivity contribution in [2.75, 3.05) is 19.0 Å². The lowest BCUT2D eigenvalue weighted by molar-refractivity contribution is 0.185. The molecule has 0 aliphatic carbocycles. The van der Waals surface area contributed by atoms with Crippen molar-refractivity contribution in [1.82, 2.24) is 0 Å². The molecular weight excluding hydrogens is 186 g/mol. The number of anilines is 1. The van der Waals surface area contributed by atoms with E-state index in [2.05, 4.69) is 31.0 Å². The first-order valence-corrected chi connectivity index (χ1v) is 5.25. The Labute approximate surface area is 92.0 Å². The van der Waals surface area contributed by atoms with Crippen molar-refractivity contribution in [1.29, 1.82) is 0 Å². The molecule has 0 aliphatic heterocycles. The van der Waals surface area contributed by atoms with Crippen molar-refractivity contribution in [2.45, 2.75) is 20.0 Å². The van der Waals surface area contributed by atoms with Gasteiger partial charge in [-0.25, -0.2) is 0 Å². The third kappa shape index (κ3) is 3.76. The third-order valence-electron chi connectivity index (χ3n) is 2.35. The summed E-state index contributed by atoms with van der Waals surface area (Å²) in [4.78, 5) is 0. The van der Waals surface area contributed by atoms with E-state index in [1.54, 1.807) is 7.11 Å². The first kappa shape index (κ1) is 11.8. The van der Waals surface area contributed by atoms with Crippen molar-refractivity contribution < 1.29 is 4.74 Å². The molecule has 0 radical (unpaired) electrons. The molecule has 15 heavy (non-hydrogen) atoms. The smallest absolute Gasteiger partial charge is 0.0733 e. The van der Waals surface area contributed by atoms with E-state index in [4.69, 9.17) is 4.74 Å². The molecule has 2 nitrogen and oxygen atoms in total. The van der Waals surface area contributed by atoms with Crippen molar-refractivity contribution in [3.8, 4) is 0 Å². The standard InChI is InChI=1S/C13H19NO/c1-4-11(2)9-14-13-8-6-5-7-12(13)10-15-3/h5-8,14H,2,4,9-10H2,1,3H3. The molecule has 0 bridgehead atoms. The molecular formula is C13H19NO. The second-order valence-corrected chi connectivity index (χ2v) is 3.55. The van der Waals surface area contributed by atoms with Crippen molar-refractivity contribution in [3.63, 3.8) is 0 Å². The molecule has 0 fully saturated rings. The molecule has 1 aromatic rings. The van der Waals surface area contributed by atoms with Gasteiger partial charge in [0.25, 0.3) is 0 Å². The second kappa shape index (κ2) is 6.25. The number of para-hydroxylation sites is 1. The molecule has 0 amide bonds. The van der Waals surface area contributed by atoms with Crippen LogP contribution in [-0.4, -0.2) is 13.7 Å². The molecule has 0 spiro atoms. The molecule has 0 saturated heterocycles. The molecule has 0 unspecified atom stereocenters. The number of ether oxygens (including phenoxy) is 1. The summed E-state index contributed by atoms with van der Waals surface area (Å²) in [5, 5.41) is 3.37. The Morgan fingerprint density at radius 2 is 2.13 bits per heavy atom. The van der Waals surface area contributed by atoms with Crippen LogP contribution in [0.25, 0.3) is 0 Å². The highest BCUT2D eigenvalue weighted by Crippen LogP contribution is 2.16. The average molecular weight is 205 g/mol. The summed E-state index contributed by atoms with van der Waals surface area (Å²) in [5.74, 6) is 0. The Morgan fingerprint density at radius 3 is 2.80 bits per heavy atom. The van der Waals surface area contributed by atoms with Gasteiger partial charge in [0.2, 0.25) is 0 Å². The van der Waals surface area contributed by atoms with Gasteiger partial charge in [-0.2, -0.15) is 0 Å². The first-order chi connectivity index (χ1) is 7.27. The molecule has 1 rings (SSSR count). The van der Waals surface area contributed by atoms with Crippen molar-refractivity contribution in [3.05, 3.63) is 42.0 Å². The minimum absolute atomic E-state index is 0.641. The monoisotopic (exact) mass is 205 g/mol. The topological polar surface area (TPSA) is 21.3 Å². The lowest BCUT2D eigenvalue weighted by Crippen LogP contribution is -2.06. The van der Waals surface area contributed by atoms with Crippen LogP contribution in [0.4, 0.5) is 5.69 Å². The van der Waals surface area contributed by atoms with Crippen LogP contribution in [0.5, 0.6) is 0 Å². The Kier molecular flexibility index (Phi) is 4.91. The molecule has 2 heteroatoms. The molecule has 0 aliphatic rings. The van der Waals surface area contributed by atoms with E-state index in [0.29, 0.717) is 6.61 Å². The first-order valence-electron chi connectivity index (χ1n) is 5.25. The van der Waals surface area contributed by atoms with Gasteiger partial charge < -0.3 is 10.1 Å². The average Bonchev–Trinajstić information content (AvgIpc) is 2.28. The van der Waals surface area contributed by atoms with Crippen LogP contribution in [0.2, 0.25) is 0 Å². The zero-order valence-corrected chi connectivity index (χ0v) is 9.55. The van der Waals surface area contributed by atoms with Crippen LogP contribution in [0, 0.1) is 0 Å². The number of benzene rings is 1. The Balaban J connectivity index is 2.62. The molecule has 1 aromatic carbocycles. The minimum Gasteiger partial charge on any atom is -0.381 e. The van der Waals surface area contributed by atoms with Gasteiger partial charge in [0.1, 0.15) is 0 Å². The van der Waals surface area contributed by atoms with Gasteiger partial charge in [-0.15, -0.1) is 0 Å². The lowest BCUT2D eigenvalue weighted by atomic mass is 10.1. The zero-order chi connectivity index (χ0) is 11.1. The number of rotatable bonds is 6. The zero-order valence-electron chi connectivity index (χ0n) is 9.55. The summed E-state index contributed by atoms with van der Waals surface area (Å²) in [6.07, 6.45) is 1.01. The van der Waals surface area contributed by atoms with E-state index in [1.807, 2.05) is 12.1 Å². The highest BCUT2D eigenvalue weighted by Gasteiger charge is 2.00. The van der Waals surface area contributed by atoms with E-state index in [-0.39, 0.29) is 0 Å². The van der Waals surface area contributed by atoms with Gasteiger partial charge in [-0.05, 0) is 12.5 Å². The summed E-state index contributed by atoms with van der Waals surface area (Å²) in [7, 11) is 1.71. The fourth-order valence-electron chi connectivity index (χ4n) is 1.32. The van der Waals surface area contributed by atoms with E-state index in [1.165, 1.54) is 11.1 Å². The maximum atomic E-state index is 5.14. The van der Waals surface area contributed by atoms with E-state index in [9.17, 15) is 0 Å². The lowest BCUT2D eigenvalue weighted by Gasteiger charge is -2.11. The summed E-state index contributed by atoms with van der Waals surface area (Å²) in [5.41, 5.74) is 3.53. The third-order valence-corrected chi connectivity index (χ3v) is 2.35. The summed E-state index contributed by atoms with van der Waals surface area (Å²) in [6, 6.07) is 8.18. The van der Waals surface area contributed by atoms with E-state index in [0.717, 1.165) is 18.7 Å². The van der Waals surface area contributed by atoms with Crippen molar-refractivity contribution in [2.24, 2.45) is 0 Å². The van der Waals surface area contributed by atoms with Gasteiger partial charge in [-0.3, -0.25) is 0 Å². The summed E-state index contributed by atoms with van der Waals surface area (Å²) >= 11 is 0. The van der Waals surface area contributed by atoms with Gasteiger partial charge in [0.05, 0.1) is 6.61 Å². The van der Waals surface area contributed by atoms with Crippen LogP contribution >= 0.6 is 0 Å². The summed E-state index contributed by atoms with van der Waals surface area (Å²) in [6.45, 7) is 7.56. The van der Waals surface area contributed by atoms with Crippen LogP contribution in [-0.2, 0) is 11.3 Å². The molecule has 0 aromatic heterocycles. The molecule has 0 heterocycles. The Bertz CT molecular complexity index is 320. The maximum absolute atomic E-state index is 5.14. The summed E-state index contributed by atoms with van der Waals surface area (Å²) < 4.78 is 5.14. The van der Waals surface area contributed by atoms with Gasteiger partial charge in [0.15, 0.2) is 0 Å². The minimum atomic E-state index is 0.641. The SMILES string of the molecule is C=C(CC)CNc1ccccc1COC. The number of nitrogens with one attached hydrogen (secondary N) is 1. The van der Waals surface area contributed by atoms with Gasteiger partial charge in [0, 0.05) is 24.9 Å². The number of hydrogen-bond acceptors (Lipinski definition) is 2. The van der Waals surface area contributed by atoms with Crippen LogP contribution in [0.1, 0.15) is 18.9 Å². The van der Waals surface area contributed by atoms with Gasteiger partial charge >= 0.3 is 0 Å². The highest BCUT2D eigenvalue weighted by atomic mass is 16.5. The maximum Gasteiger partial charge on any atom is 0.0733 e. The molecule has 0 saturated carbocycles. The quantitative estimate of drug-likeness (QED) is 0.720. The van der Waals surface area contributed by atoms with Crippen molar-refractivity contribution >= 4 is 5.69 Å². The van der Waals surface area contributed by atoms with E-state index >= 15 is 0 Å². The second-order valence-electron chi connectivity index (χ2n) is 3.55. The molecule has 1 N–H and O–H groups in total. The Morgan fingerprint density at radius 1 is 1.40 bits per heavy atom. The van der Waals surface area contributed by atoms with Crippen LogP contribution in [0.15, 0.2) is 36.4 Å². The predicted molar refractivity (Wildman–Crippen MR) is 65.1 cm³/mol. The number of hydrogen-bond donors (Lipinski definition) is 1. The largest absolute Gasteiger partial charge is 0.381 e. The predicted octanol–water partition coefficient (Wildman–Crippen LogP) is 3.21. The molecule has 0 atom stereocenters. The van der Waals surface area contributed by atoms with Crippen LogP contribution < -0.4 is 5.32 Å². The van der Waals surface area contributed by atoms with E-state index < -0.39 is 0 Å².